The van der Waals surface area contributed by atoms with Crippen molar-refractivity contribution in [3.63, 3.8) is 0 Å². The van der Waals surface area contributed by atoms with Gasteiger partial charge in [0, 0.05) is 13.1 Å². The molecule has 8 nitrogen and oxygen atoms in total. The maximum absolute atomic E-state index is 14.1. The van der Waals surface area contributed by atoms with Crippen LogP contribution in [0.25, 0.3) is 0 Å². The molecule has 0 saturated heterocycles. The first kappa shape index (κ1) is 30.7. The van der Waals surface area contributed by atoms with Gasteiger partial charge in [0.15, 0.2) is 0 Å². The van der Waals surface area contributed by atoms with Crippen LogP contribution in [0.2, 0.25) is 0 Å². The number of hydrogen-bond donors (Lipinski definition) is 1. The fourth-order valence-corrected chi connectivity index (χ4v) is 5.68. The summed E-state index contributed by atoms with van der Waals surface area (Å²) in [5.41, 5.74) is 2.04. The molecule has 0 aliphatic heterocycles. The van der Waals surface area contributed by atoms with Gasteiger partial charge in [-0.25, -0.2) is 8.42 Å². The highest BCUT2D eigenvalue weighted by molar-refractivity contribution is 7.92. The quantitative estimate of drug-likeness (QED) is 0.322. The third kappa shape index (κ3) is 7.85. The zero-order chi connectivity index (χ0) is 29.3. The van der Waals surface area contributed by atoms with Gasteiger partial charge in [-0.15, -0.1) is 0 Å². The van der Waals surface area contributed by atoms with E-state index in [0.717, 1.165) is 15.4 Å². The molecule has 0 fully saturated rings. The number of amides is 2. The topological polar surface area (TPSA) is 96.0 Å². The Morgan fingerprint density at radius 2 is 1.62 bits per heavy atom. The first-order chi connectivity index (χ1) is 19.1. The van der Waals surface area contributed by atoms with E-state index in [1.165, 1.54) is 17.0 Å². The molecule has 3 rings (SSSR count). The summed E-state index contributed by atoms with van der Waals surface area (Å²) in [7, 11) is -2.53. The molecule has 0 spiro atoms. The summed E-state index contributed by atoms with van der Waals surface area (Å²) in [6.45, 7) is 7.80. The number of nitrogens with zero attached hydrogens (tertiary/aromatic N) is 2. The summed E-state index contributed by atoms with van der Waals surface area (Å²) in [5, 5.41) is 2.93. The van der Waals surface area contributed by atoms with Gasteiger partial charge in [0.2, 0.25) is 11.8 Å². The minimum atomic E-state index is -4.09. The second-order valence-electron chi connectivity index (χ2n) is 10.1. The van der Waals surface area contributed by atoms with Gasteiger partial charge in [0.1, 0.15) is 18.3 Å². The van der Waals surface area contributed by atoms with Gasteiger partial charge in [-0.05, 0) is 61.2 Å². The Balaban J connectivity index is 2.03. The van der Waals surface area contributed by atoms with Crippen LogP contribution in [-0.4, -0.2) is 51.4 Å². The molecule has 0 unspecified atom stereocenters. The third-order valence-corrected chi connectivity index (χ3v) is 8.28. The van der Waals surface area contributed by atoms with E-state index in [1.54, 1.807) is 61.7 Å². The highest BCUT2D eigenvalue weighted by atomic mass is 32.2. The predicted molar refractivity (Wildman–Crippen MR) is 158 cm³/mol. The summed E-state index contributed by atoms with van der Waals surface area (Å²) in [6.07, 6.45) is 0.357. The van der Waals surface area contributed by atoms with Crippen molar-refractivity contribution in [1.29, 1.82) is 0 Å². The molecule has 0 aromatic heterocycles. The van der Waals surface area contributed by atoms with Crippen molar-refractivity contribution < 1.29 is 22.7 Å². The number of aryl methyl sites for hydroxylation is 1. The number of benzene rings is 3. The molecule has 0 bridgehead atoms. The fourth-order valence-electron chi connectivity index (χ4n) is 4.27. The molecule has 3 aromatic carbocycles. The van der Waals surface area contributed by atoms with Crippen LogP contribution in [0, 0.1) is 12.8 Å². The van der Waals surface area contributed by atoms with Crippen molar-refractivity contribution in [2.24, 2.45) is 5.92 Å². The van der Waals surface area contributed by atoms with Gasteiger partial charge in [-0.2, -0.15) is 0 Å². The Bertz CT molecular complexity index is 1380. The Kier molecular flexibility index (Phi) is 10.7. The highest BCUT2D eigenvalue weighted by Crippen LogP contribution is 2.25. The number of carbonyl (C=O) groups is 2. The molecule has 3 aromatic rings. The van der Waals surface area contributed by atoms with E-state index in [1.807, 2.05) is 39.8 Å². The first-order valence-electron chi connectivity index (χ1n) is 13.4. The smallest absolute Gasteiger partial charge is 0.264 e. The summed E-state index contributed by atoms with van der Waals surface area (Å²) in [5.74, 6) is 0.0845. The van der Waals surface area contributed by atoms with Crippen LogP contribution in [0.3, 0.4) is 0 Å². The summed E-state index contributed by atoms with van der Waals surface area (Å²) in [6, 6.07) is 21.5. The minimum absolute atomic E-state index is 0.0795. The lowest BCUT2D eigenvalue weighted by Gasteiger charge is -2.33. The van der Waals surface area contributed by atoms with E-state index in [-0.39, 0.29) is 23.3 Å². The fraction of sp³-hybridized carbons (Fsp3) is 0.355. The predicted octanol–water partition coefficient (Wildman–Crippen LogP) is 4.78. The minimum Gasteiger partial charge on any atom is -0.497 e. The van der Waals surface area contributed by atoms with Crippen molar-refractivity contribution in [2.75, 3.05) is 24.5 Å². The Labute approximate surface area is 238 Å². The number of para-hydroxylation sites is 1. The lowest BCUT2D eigenvalue weighted by molar-refractivity contribution is -0.140. The molecule has 0 radical (unpaired) electrons. The maximum Gasteiger partial charge on any atom is 0.264 e. The lowest BCUT2D eigenvalue weighted by atomic mass is 10.1. The van der Waals surface area contributed by atoms with E-state index in [9.17, 15) is 18.0 Å². The van der Waals surface area contributed by atoms with Gasteiger partial charge < -0.3 is 15.0 Å². The van der Waals surface area contributed by atoms with Crippen molar-refractivity contribution in [3.8, 4) is 5.75 Å². The standard InChI is InChI=1S/C31H39N3O5S/c1-6-29(31(36)32-20-23(2)3)33(21-25-11-10-14-27(19-25)39-5)30(35)22-34(26-12-8-7-9-13-26)40(37,38)28-17-15-24(4)16-18-28/h7-19,23,29H,6,20-22H2,1-5H3,(H,32,36)/t29-/m0/s1. The van der Waals surface area contributed by atoms with Crippen LogP contribution in [0.4, 0.5) is 5.69 Å². The summed E-state index contributed by atoms with van der Waals surface area (Å²) in [4.78, 5) is 28.9. The second-order valence-corrected chi connectivity index (χ2v) is 12.0. The van der Waals surface area contributed by atoms with Crippen LogP contribution in [-0.2, 0) is 26.2 Å². The van der Waals surface area contributed by atoms with Gasteiger partial charge >= 0.3 is 0 Å². The van der Waals surface area contributed by atoms with E-state index in [4.69, 9.17) is 4.74 Å². The number of carbonyl (C=O) groups excluding carboxylic acids is 2. The Morgan fingerprint density at radius 3 is 2.23 bits per heavy atom. The van der Waals surface area contributed by atoms with Crippen molar-refractivity contribution in [1.82, 2.24) is 10.2 Å². The Hall–Kier alpha value is -3.85. The molecule has 0 heterocycles. The number of anilines is 1. The monoisotopic (exact) mass is 565 g/mol. The molecule has 214 valence electrons. The molecule has 1 N–H and O–H groups in total. The maximum atomic E-state index is 14.1. The number of hydrogen-bond acceptors (Lipinski definition) is 5. The molecule has 0 saturated carbocycles. The zero-order valence-electron chi connectivity index (χ0n) is 23.8. The van der Waals surface area contributed by atoms with Crippen LogP contribution in [0.15, 0.2) is 83.8 Å². The van der Waals surface area contributed by atoms with Gasteiger partial charge in [-0.1, -0.05) is 68.8 Å². The van der Waals surface area contributed by atoms with E-state index >= 15 is 0 Å². The van der Waals surface area contributed by atoms with Gasteiger partial charge in [-0.3, -0.25) is 13.9 Å². The van der Waals surface area contributed by atoms with E-state index in [2.05, 4.69) is 5.32 Å². The van der Waals surface area contributed by atoms with Gasteiger partial charge in [0.05, 0.1) is 17.7 Å². The largest absolute Gasteiger partial charge is 0.497 e. The Morgan fingerprint density at radius 1 is 0.950 bits per heavy atom. The van der Waals surface area contributed by atoms with Crippen LogP contribution < -0.4 is 14.4 Å². The van der Waals surface area contributed by atoms with E-state index in [0.29, 0.717) is 24.4 Å². The zero-order valence-corrected chi connectivity index (χ0v) is 24.6. The van der Waals surface area contributed by atoms with E-state index < -0.39 is 28.5 Å². The van der Waals surface area contributed by atoms with Crippen molar-refractivity contribution in [2.45, 2.75) is 51.6 Å². The van der Waals surface area contributed by atoms with Crippen LogP contribution >= 0.6 is 0 Å². The number of methoxy groups -OCH3 is 1. The van der Waals surface area contributed by atoms with Crippen molar-refractivity contribution >= 4 is 27.5 Å². The molecule has 40 heavy (non-hydrogen) atoms. The number of rotatable bonds is 13. The average molecular weight is 566 g/mol. The number of sulfonamides is 1. The molecule has 9 heteroatoms. The second kappa shape index (κ2) is 14.0. The number of nitrogens with one attached hydrogen (secondary N) is 1. The highest BCUT2D eigenvalue weighted by Gasteiger charge is 2.33. The van der Waals surface area contributed by atoms with Gasteiger partial charge in [0.25, 0.3) is 10.0 Å². The summed E-state index contributed by atoms with van der Waals surface area (Å²) >= 11 is 0. The molecule has 0 aliphatic rings. The molecule has 2 amide bonds. The van der Waals surface area contributed by atoms with Crippen LogP contribution in [0.1, 0.15) is 38.3 Å². The first-order valence-corrected chi connectivity index (χ1v) is 14.8. The third-order valence-electron chi connectivity index (χ3n) is 6.49. The van der Waals surface area contributed by atoms with Crippen molar-refractivity contribution in [3.05, 3.63) is 90.0 Å². The molecule has 1 atom stereocenters. The normalized spacial score (nSPS) is 12.1. The molecule has 0 aliphatic carbocycles. The molecular weight excluding hydrogens is 526 g/mol. The van der Waals surface area contributed by atoms with Crippen LogP contribution in [0.5, 0.6) is 5.75 Å². The number of ether oxygens (including phenoxy) is 1. The average Bonchev–Trinajstić information content (AvgIpc) is 2.95. The summed E-state index contributed by atoms with van der Waals surface area (Å²) < 4.78 is 34.2. The molecular formula is C31H39N3O5S. The SMILES string of the molecule is CC[C@@H](C(=O)NCC(C)C)N(Cc1cccc(OC)c1)C(=O)CN(c1ccccc1)S(=O)(=O)c1ccc(C)cc1. The lowest BCUT2D eigenvalue weighted by Crippen LogP contribution is -2.52.